The van der Waals surface area contributed by atoms with E-state index >= 15 is 0 Å². The van der Waals surface area contributed by atoms with Crippen molar-refractivity contribution in [1.29, 1.82) is 0 Å². The summed E-state index contributed by atoms with van der Waals surface area (Å²) < 4.78 is 0. The molecule has 14 heavy (non-hydrogen) atoms. The van der Waals surface area contributed by atoms with Gasteiger partial charge in [0.1, 0.15) is 0 Å². The van der Waals surface area contributed by atoms with Crippen molar-refractivity contribution in [2.75, 3.05) is 0 Å². The van der Waals surface area contributed by atoms with Crippen molar-refractivity contribution in [3.05, 3.63) is 63.4 Å². The molecule has 0 aliphatic rings. The van der Waals surface area contributed by atoms with Gasteiger partial charge in [-0.3, -0.25) is 9.59 Å². The Bertz CT molecular complexity index is 395. The molecular formula is C9H9N3O2. The lowest BCUT2D eigenvalue weighted by atomic mass is 10.5. The zero-order valence-electron chi connectivity index (χ0n) is 7.31. The van der Waals surface area contributed by atoms with Crippen LogP contribution in [0.4, 0.5) is 0 Å². The summed E-state index contributed by atoms with van der Waals surface area (Å²) in [5.41, 5.74) is -0.218. The summed E-state index contributed by atoms with van der Waals surface area (Å²) in [5.74, 6) is 0. The van der Waals surface area contributed by atoms with Gasteiger partial charge in [0.25, 0.3) is 5.56 Å². The Morgan fingerprint density at radius 2 is 1.79 bits per heavy atom. The fourth-order valence-corrected chi connectivity index (χ4v) is 0.688. The Hall–Kier alpha value is -2.17. The van der Waals surface area contributed by atoms with Crippen molar-refractivity contribution < 1.29 is 0 Å². The Morgan fingerprint density at radius 1 is 1.00 bits per heavy atom. The minimum absolute atomic E-state index is 0.0532. The molecule has 0 unspecified atom stereocenters. The van der Waals surface area contributed by atoms with E-state index in [1.165, 1.54) is 18.3 Å². The van der Waals surface area contributed by atoms with E-state index in [4.69, 9.17) is 0 Å². The van der Waals surface area contributed by atoms with E-state index < -0.39 is 0 Å². The molecule has 0 bridgehead atoms. The SMILES string of the molecule is O=c1cccc[nH]1.O=c1cccn[nH]1. The van der Waals surface area contributed by atoms with Crippen LogP contribution in [-0.2, 0) is 0 Å². The lowest BCUT2D eigenvalue weighted by Crippen LogP contribution is -2.02. The van der Waals surface area contributed by atoms with Gasteiger partial charge >= 0.3 is 0 Å². The Labute approximate surface area is 79.4 Å². The molecule has 5 nitrogen and oxygen atoms in total. The lowest BCUT2D eigenvalue weighted by Gasteiger charge is -1.73. The van der Waals surface area contributed by atoms with Gasteiger partial charge in [0.15, 0.2) is 0 Å². The fourth-order valence-electron chi connectivity index (χ4n) is 0.688. The molecular weight excluding hydrogens is 182 g/mol. The zero-order chi connectivity index (χ0) is 10.2. The topological polar surface area (TPSA) is 78.6 Å². The van der Waals surface area contributed by atoms with Gasteiger partial charge in [-0.2, -0.15) is 5.10 Å². The van der Waals surface area contributed by atoms with Crippen LogP contribution in [-0.4, -0.2) is 15.2 Å². The highest BCUT2D eigenvalue weighted by atomic mass is 16.1. The van der Waals surface area contributed by atoms with Crippen LogP contribution >= 0.6 is 0 Å². The molecule has 2 N–H and O–H groups in total. The maximum absolute atomic E-state index is 10.2. The summed E-state index contributed by atoms with van der Waals surface area (Å²) in [6, 6.07) is 7.92. The number of H-pyrrole nitrogens is 2. The van der Waals surface area contributed by atoms with Crippen LogP contribution in [0.15, 0.2) is 52.3 Å². The van der Waals surface area contributed by atoms with Gasteiger partial charge in [0, 0.05) is 24.5 Å². The van der Waals surface area contributed by atoms with Crippen molar-refractivity contribution in [2.24, 2.45) is 0 Å². The normalized spacial score (nSPS) is 8.57. The van der Waals surface area contributed by atoms with Crippen LogP contribution in [0.5, 0.6) is 0 Å². The molecule has 0 saturated heterocycles. The van der Waals surface area contributed by atoms with E-state index in [1.54, 1.807) is 24.4 Å². The van der Waals surface area contributed by atoms with Crippen LogP contribution in [0, 0.1) is 0 Å². The maximum Gasteiger partial charge on any atom is 0.264 e. The van der Waals surface area contributed by atoms with Crippen molar-refractivity contribution in [2.45, 2.75) is 0 Å². The zero-order valence-corrected chi connectivity index (χ0v) is 7.31. The number of aromatic nitrogens is 3. The van der Waals surface area contributed by atoms with Gasteiger partial charge in [-0.25, -0.2) is 5.10 Å². The standard InChI is InChI=1S/C5H5NO.C4H4N2O/c7-5-3-1-2-4-6-5;7-4-2-1-3-5-6-4/h1-4H,(H,6,7);1-3H,(H,6,7). The van der Waals surface area contributed by atoms with Crippen molar-refractivity contribution in [3.63, 3.8) is 0 Å². The van der Waals surface area contributed by atoms with Gasteiger partial charge in [-0.05, 0) is 12.1 Å². The molecule has 72 valence electrons. The van der Waals surface area contributed by atoms with E-state index in [1.807, 2.05) is 0 Å². The monoisotopic (exact) mass is 191 g/mol. The highest BCUT2D eigenvalue weighted by Gasteiger charge is 1.70. The summed E-state index contributed by atoms with van der Waals surface area (Å²) in [6.07, 6.45) is 3.11. The average molecular weight is 191 g/mol. The number of rotatable bonds is 0. The number of hydrogen-bond acceptors (Lipinski definition) is 3. The molecule has 0 aliphatic heterocycles. The lowest BCUT2D eigenvalue weighted by molar-refractivity contribution is 0.988. The predicted molar refractivity (Wildman–Crippen MR) is 51.9 cm³/mol. The second kappa shape index (κ2) is 5.47. The van der Waals surface area contributed by atoms with Crippen LogP contribution < -0.4 is 11.1 Å². The minimum Gasteiger partial charge on any atom is -0.329 e. The summed E-state index contributed by atoms with van der Waals surface area (Å²) in [5, 5.41) is 5.67. The van der Waals surface area contributed by atoms with E-state index in [0.29, 0.717) is 0 Å². The summed E-state index contributed by atoms with van der Waals surface area (Å²) in [6.45, 7) is 0. The molecule has 0 amide bonds. The molecule has 0 aliphatic carbocycles. The molecule has 2 heterocycles. The first-order chi connectivity index (χ1) is 6.79. The minimum atomic E-state index is -0.164. The van der Waals surface area contributed by atoms with Gasteiger partial charge in [0.2, 0.25) is 5.56 Å². The van der Waals surface area contributed by atoms with E-state index in [0.717, 1.165) is 0 Å². The fraction of sp³-hybridized carbons (Fsp3) is 0. The van der Waals surface area contributed by atoms with Crippen LogP contribution in [0.2, 0.25) is 0 Å². The first-order valence-corrected chi connectivity index (χ1v) is 3.92. The van der Waals surface area contributed by atoms with E-state index in [-0.39, 0.29) is 11.1 Å². The van der Waals surface area contributed by atoms with Gasteiger partial charge in [0.05, 0.1) is 0 Å². The molecule has 0 saturated carbocycles. The number of hydrogen-bond donors (Lipinski definition) is 2. The molecule has 2 rings (SSSR count). The summed E-state index contributed by atoms with van der Waals surface area (Å²) in [4.78, 5) is 22.8. The van der Waals surface area contributed by atoms with Crippen molar-refractivity contribution in [1.82, 2.24) is 15.2 Å². The molecule has 0 aromatic carbocycles. The second-order valence-electron chi connectivity index (χ2n) is 2.34. The average Bonchev–Trinajstić information content (AvgIpc) is 2.21. The number of pyridine rings is 1. The summed E-state index contributed by atoms with van der Waals surface area (Å²) in [7, 11) is 0. The van der Waals surface area contributed by atoms with Gasteiger partial charge in [-0.15, -0.1) is 0 Å². The van der Waals surface area contributed by atoms with Gasteiger partial charge < -0.3 is 4.98 Å². The molecule has 0 atom stereocenters. The quantitative estimate of drug-likeness (QED) is 0.621. The maximum atomic E-state index is 10.2. The summed E-state index contributed by atoms with van der Waals surface area (Å²) >= 11 is 0. The molecule has 5 heteroatoms. The molecule has 0 spiro atoms. The van der Waals surface area contributed by atoms with Gasteiger partial charge in [-0.1, -0.05) is 6.07 Å². The first-order valence-electron chi connectivity index (χ1n) is 3.92. The van der Waals surface area contributed by atoms with E-state index in [9.17, 15) is 9.59 Å². The largest absolute Gasteiger partial charge is 0.329 e. The molecule has 2 aromatic heterocycles. The second-order valence-corrected chi connectivity index (χ2v) is 2.34. The Morgan fingerprint density at radius 3 is 2.07 bits per heavy atom. The molecule has 2 aromatic rings. The first kappa shape index (κ1) is 9.91. The van der Waals surface area contributed by atoms with E-state index in [2.05, 4.69) is 15.2 Å². The number of nitrogens with zero attached hydrogens (tertiary/aromatic N) is 1. The third kappa shape index (κ3) is 4.01. The molecule has 0 radical (unpaired) electrons. The smallest absolute Gasteiger partial charge is 0.264 e. The highest BCUT2D eigenvalue weighted by molar-refractivity contribution is 4.89. The Kier molecular flexibility index (Phi) is 3.87. The molecule has 0 fully saturated rings. The van der Waals surface area contributed by atoms with Crippen LogP contribution in [0.25, 0.3) is 0 Å². The predicted octanol–water partition coefficient (Wildman–Crippen LogP) is 0.145. The number of nitrogens with one attached hydrogen (secondary N) is 2. The third-order valence-electron chi connectivity index (χ3n) is 1.26. The van der Waals surface area contributed by atoms with Crippen molar-refractivity contribution >= 4 is 0 Å². The Balaban J connectivity index is 0.000000140. The van der Waals surface area contributed by atoms with Crippen LogP contribution in [0.3, 0.4) is 0 Å². The third-order valence-corrected chi connectivity index (χ3v) is 1.26. The van der Waals surface area contributed by atoms with Crippen LogP contribution in [0.1, 0.15) is 0 Å². The highest BCUT2D eigenvalue weighted by Crippen LogP contribution is 1.67. The number of aromatic amines is 2. The van der Waals surface area contributed by atoms with Crippen molar-refractivity contribution in [3.8, 4) is 0 Å².